The number of halogens is 1. The lowest BCUT2D eigenvalue weighted by atomic mass is 10.0. The van der Waals surface area contributed by atoms with Crippen molar-refractivity contribution in [3.8, 4) is 11.5 Å². The number of amides is 2. The van der Waals surface area contributed by atoms with Gasteiger partial charge < -0.3 is 25.1 Å². The van der Waals surface area contributed by atoms with E-state index in [0.29, 0.717) is 37.4 Å². The minimum atomic E-state index is -3.76. The zero-order valence-corrected chi connectivity index (χ0v) is 22.4. The van der Waals surface area contributed by atoms with E-state index in [4.69, 9.17) is 15.2 Å². The number of nitrogens with zero attached hydrogens (tertiary/aromatic N) is 2. The van der Waals surface area contributed by atoms with E-state index in [1.54, 1.807) is 19.2 Å². The summed E-state index contributed by atoms with van der Waals surface area (Å²) in [5.41, 5.74) is 7.77. The van der Waals surface area contributed by atoms with Gasteiger partial charge >= 0.3 is 0 Å². The number of methoxy groups -OCH3 is 2. The Labute approximate surface area is 222 Å². The molecule has 0 unspecified atom stereocenters. The van der Waals surface area contributed by atoms with E-state index in [1.807, 2.05) is 22.8 Å². The Morgan fingerprint density at radius 1 is 1.05 bits per heavy atom. The zero-order valence-electron chi connectivity index (χ0n) is 20.7. The molecule has 1 aliphatic heterocycles. The molecular formula is C25H31ClN4O6S. The van der Waals surface area contributed by atoms with Crippen LogP contribution in [0.25, 0.3) is 10.9 Å². The topological polar surface area (TPSA) is 133 Å². The van der Waals surface area contributed by atoms with Crippen molar-refractivity contribution >= 4 is 45.1 Å². The molecular weight excluding hydrogens is 520 g/mol. The number of hydrogen-bond donors (Lipinski definition) is 2. The summed E-state index contributed by atoms with van der Waals surface area (Å²) in [6.45, 7) is 0.798. The minimum Gasteiger partial charge on any atom is -0.497 e. The second-order valence-electron chi connectivity index (χ2n) is 8.58. The van der Waals surface area contributed by atoms with Gasteiger partial charge in [-0.1, -0.05) is 0 Å². The van der Waals surface area contributed by atoms with Gasteiger partial charge in [-0.15, -0.1) is 12.4 Å². The number of rotatable bonds is 10. The molecule has 0 spiro atoms. The van der Waals surface area contributed by atoms with E-state index >= 15 is 0 Å². The van der Waals surface area contributed by atoms with Crippen molar-refractivity contribution in [1.29, 1.82) is 0 Å². The van der Waals surface area contributed by atoms with Crippen molar-refractivity contribution < 1.29 is 27.5 Å². The Morgan fingerprint density at radius 3 is 2.38 bits per heavy atom. The summed E-state index contributed by atoms with van der Waals surface area (Å²) < 4.78 is 40.7. The van der Waals surface area contributed by atoms with Gasteiger partial charge in [-0.05, 0) is 60.9 Å². The quantitative estimate of drug-likeness (QED) is 0.372. The number of nitrogens with one attached hydrogen (secondary N) is 1. The summed E-state index contributed by atoms with van der Waals surface area (Å²) in [7, 11) is -0.640. The second-order valence-corrected chi connectivity index (χ2v) is 10.5. The number of aromatic nitrogens is 1. The second kappa shape index (κ2) is 11.8. The SMILES string of the molecule is COc1ccc(S(=O)(=O)N2CCc3c(n(CC(=O)NCCCC(N)=O)c4ccc(OC)cc34)C2)cc1.Cl. The van der Waals surface area contributed by atoms with Crippen LogP contribution in [0, 0.1) is 0 Å². The van der Waals surface area contributed by atoms with Crippen LogP contribution in [0.3, 0.4) is 0 Å². The average molecular weight is 551 g/mol. The molecule has 1 aliphatic rings. The number of ether oxygens (including phenoxy) is 2. The lowest BCUT2D eigenvalue weighted by molar-refractivity contribution is -0.122. The van der Waals surface area contributed by atoms with Crippen LogP contribution >= 0.6 is 12.4 Å². The highest BCUT2D eigenvalue weighted by molar-refractivity contribution is 7.89. The third-order valence-corrected chi connectivity index (χ3v) is 8.21. The molecule has 0 bridgehead atoms. The van der Waals surface area contributed by atoms with E-state index in [0.717, 1.165) is 22.2 Å². The summed E-state index contributed by atoms with van der Waals surface area (Å²) >= 11 is 0. The fraction of sp³-hybridized carbons (Fsp3) is 0.360. The molecule has 0 fully saturated rings. The summed E-state index contributed by atoms with van der Waals surface area (Å²) in [6.07, 6.45) is 1.15. The van der Waals surface area contributed by atoms with E-state index < -0.39 is 15.9 Å². The molecule has 1 aromatic heterocycles. The molecule has 2 amide bonds. The van der Waals surface area contributed by atoms with Crippen LogP contribution in [0.2, 0.25) is 0 Å². The van der Waals surface area contributed by atoms with Crippen molar-refractivity contribution in [2.45, 2.75) is 37.2 Å². The normalized spacial score (nSPS) is 13.5. The maximum absolute atomic E-state index is 13.4. The van der Waals surface area contributed by atoms with Crippen molar-refractivity contribution in [3.63, 3.8) is 0 Å². The number of fused-ring (bicyclic) bond motifs is 3. The van der Waals surface area contributed by atoms with Crippen LogP contribution in [0.5, 0.6) is 11.5 Å². The molecule has 200 valence electrons. The van der Waals surface area contributed by atoms with Gasteiger partial charge in [-0.2, -0.15) is 4.31 Å². The fourth-order valence-corrected chi connectivity index (χ4v) is 5.90. The van der Waals surface area contributed by atoms with Gasteiger partial charge in [-0.25, -0.2) is 8.42 Å². The Kier molecular flexibility index (Phi) is 9.06. The summed E-state index contributed by atoms with van der Waals surface area (Å²) in [5, 5.41) is 3.75. The Hall–Kier alpha value is -3.28. The first kappa shape index (κ1) is 28.3. The minimum absolute atomic E-state index is 0. The van der Waals surface area contributed by atoms with Gasteiger partial charge in [0.15, 0.2) is 0 Å². The highest BCUT2D eigenvalue weighted by Gasteiger charge is 2.32. The molecule has 0 radical (unpaired) electrons. The van der Waals surface area contributed by atoms with Crippen LogP contribution in [0.4, 0.5) is 0 Å². The lowest BCUT2D eigenvalue weighted by Gasteiger charge is -2.28. The third-order valence-electron chi connectivity index (χ3n) is 6.35. The van der Waals surface area contributed by atoms with Gasteiger partial charge in [0, 0.05) is 36.1 Å². The van der Waals surface area contributed by atoms with Crippen LogP contribution in [0.1, 0.15) is 24.1 Å². The smallest absolute Gasteiger partial charge is 0.243 e. The summed E-state index contributed by atoms with van der Waals surface area (Å²) in [4.78, 5) is 23.9. The highest BCUT2D eigenvalue weighted by atomic mass is 35.5. The molecule has 0 saturated heterocycles. The molecule has 0 aliphatic carbocycles. The number of nitrogens with two attached hydrogens (primary N) is 1. The molecule has 0 saturated carbocycles. The van der Waals surface area contributed by atoms with Gasteiger partial charge in [0.1, 0.15) is 18.0 Å². The number of benzene rings is 2. The molecule has 3 aromatic rings. The maximum Gasteiger partial charge on any atom is 0.243 e. The van der Waals surface area contributed by atoms with Crippen molar-refractivity contribution in [2.24, 2.45) is 5.73 Å². The maximum atomic E-state index is 13.4. The average Bonchev–Trinajstić information content (AvgIpc) is 3.18. The van der Waals surface area contributed by atoms with Crippen LogP contribution in [-0.4, -0.2) is 56.4 Å². The van der Waals surface area contributed by atoms with E-state index in [2.05, 4.69) is 5.32 Å². The lowest BCUT2D eigenvalue weighted by Crippen LogP contribution is -2.37. The molecule has 0 atom stereocenters. The van der Waals surface area contributed by atoms with Crippen molar-refractivity contribution in [1.82, 2.24) is 14.2 Å². The third kappa shape index (κ3) is 6.00. The number of sulfonamides is 1. The van der Waals surface area contributed by atoms with Gasteiger partial charge in [0.05, 0.1) is 25.7 Å². The fourth-order valence-electron chi connectivity index (χ4n) is 4.50. The summed E-state index contributed by atoms with van der Waals surface area (Å²) in [6, 6.07) is 11.9. The zero-order chi connectivity index (χ0) is 25.9. The first-order chi connectivity index (χ1) is 17.2. The molecule has 37 heavy (non-hydrogen) atoms. The standard InChI is InChI=1S/C25H30N4O6S.ClH/c1-34-17-5-8-19(9-6-17)36(32,33)28-13-11-20-21-14-18(35-2)7-10-22(21)29(23(20)15-28)16-25(31)27-12-3-4-24(26)30;/h5-10,14H,3-4,11-13,15-16H2,1-2H3,(H2,26,30)(H,27,31);1H. The molecule has 4 rings (SSSR count). The van der Waals surface area contributed by atoms with E-state index in [-0.39, 0.29) is 42.7 Å². The van der Waals surface area contributed by atoms with Gasteiger partial charge in [0.2, 0.25) is 21.8 Å². The Balaban J connectivity index is 0.00000380. The van der Waals surface area contributed by atoms with Crippen LogP contribution in [-0.2, 0) is 39.1 Å². The molecule has 2 aromatic carbocycles. The number of primary amides is 1. The predicted molar refractivity (Wildman–Crippen MR) is 141 cm³/mol. The number of hydrogen-bond acceptors (Lipinski definition) is 6. The number of carbonyl (C=O) groups is 2. The molecule has 2 heterocycles. The number of carbonyl (C=O) groups excluding carboxylic acids is 2. The first-order valence-corrected chi connectivity index (χ1v) is 13.1. The Bertz CT molecular complexity index is 1390. The van der Waals surface area contributed by atoms with Crippen molar-refractivity contribution in [2.75, 3.05) is 27.3 Å². The molecule has 12 heteroatoms. The predicted octanol–water partition coefficient (Wildman–Crippen LogP) is 2.21. The van der Waals surface area contributed by atoms with Crippen LogP contribution in [0.15, 0.2) is 47.4 Å². The summed E-state index contributed by atoms with van der Waals surface area (Å²) in [5.74, 6) is 0.615. The first-order valence-electron chi connectivity index (χ1n) is 11.6. The molecule has 3 N–H and O–H groups in total. The largest absolute Gasteiger partial charge is 0.497 e. The Morgan fingerprint density at radius 2 is 1.73 bits per heavy atom. The van der Waals surface area contributed by atoms with Crippen LogP contribution < -0.4 is 20.5 Å². The van der Waals surface area contributed by atoms with Gasteiger partial charge in [0.25, 0.3) is 0 Å². The van der Waals surface area contributed by atoms with E-state index in [1.165, 1.54) is 23.5 Å². The monoisotopic (exact) mass is 550 g/mol. The van der Waals surface area contributed by atoms with Crippen molar-refractivity contribution in [3.05, 3.63) is 53.7 Å². The molecule has 10 nitrogen and oxygen atoms in total. The van der Waals surface area contributed by atoms with Gasteiger partial charge in [-0.3, -0.25) is 9.59 Å². The highest BCUT2D eigenvalue weighted by Crippen LogP contribution is 2.35. The van der Waals surface area contributed by atoms with E-state index in [9.17, 15) is 18.0 Å².